The molecule has 3 rings (SSSR count). The Hall–Kier alpha value is -2.70. The molecule has 0 aliphatic carbocycles. The van der Waals surface area contributed by atoms with E-state index < -0.39 is 5.41 Å². The average molecular weight is 314 g/mol. The minimum atomic E-state index is -0.578. The molecule has 0 fully saturated rings. The minimum absolute atomic E-state index is 0.0623. The minimum Gasteiger partial charge on any atom is -0.340 e. The van der Waals surface area contributed by atoms with Crippen LogP contribution in [0.25, 0.3) is 0 Å². The van der Waals surface area contributed by atoms with Crippen LogP contribution in [0.4, 0.5) is 5.69 Å². The van der Waals surface area contributed by atoms with E-state index in [1.54, 1.807) is 26.1 Å². The second-order valence-corrected chi connectivity index (χ2v) is 6.23. The van der Waals surface area contributed by atoms with Crippen LogP contribution in [0.15, 0.2) is 22.7 Å². The Bertz CT molecular complexity index is 794. The van der Waals surface area contributed by atoms with Crippen molar-refractivity contribution < 1.29 is 14.1 Å². The molecule has 2 amide bonds. The highest BCUT2D eigenvalue weighted by Crippen LogP contribution is 2.37. The van der Waals surface area contributed by atoms with Crippen LogP contribution in [0.5, 0.6) is 0 Å². The van der Waals surface area contributed by atoms with Crippen molar-refractivity contribution in [3.63, 3.8) is 0 Å². The fourth-order valence-corrected chi connectivity index (χ4v) is 2.64. The van der Waals surface area contributed by atoms with Gasteiger partial charge in [-0.2, -0.15) is 4.98 Å². The molecule has 0 atom stereocenters. The Kier molecular flexibility index (Phi) is 3.43. The normalized spacial score (nSPS) is 15.2. The molecule has 0 radical (unpaired) electrons. The third kappa shape index (κ3) is 2.58. The van der Waals surface area contributed by atoms with Gasteiger partial charge in [0.25, 0.3) is 5.91 Å². The number of rotatable bonds is 3. The zero-order valence-corrected chi connectivity index (χ0v) is 13.5. The lowest BCUT2D eigenvalue weighted by Crippen LogP contribution is -2.27. The Balaban J connectivity index is 1.81. The van der Waals surface area contributed by atoms with Gasteiger partial charge in [-0.15, -0.1) is 0 Å². The maximum Gasteiger partial charge on any atom is 0.254 e. The van der Waals surface area contributed by atoms with E-state index in [0.29, 0.717) is 23.0 Å². The van der Waals surface area contributed by atoms with E-state index in [9.17, 15) is 9.59 Å². The van der Waals surface area contributed by atoms with Crippen molar-refractivity contribution in [2.75, 3.05) is 12.4 Å². The number of carbonyl (C=O) groups is 2. The van der Waals surface area contributed by atoms with Crippen LogP contribution < -0.4 is 5.32 Å². The molecule has 0 bridgehead atoms. The number of anilines is 1. The van der Waals surface area contributed by atoms with Crippen molar-refractivity contribution in [3.8, 4) is 0 Å². The molecule has 2 aromatic rings. The Morgan fingerprint density at radius 3 is 2.78 bits per heavy atom. The van der Waals surface area contributed by atoms with E-state index in [0.717, 1.165) is 5.56 Å². The monoisotopic (exact) mass is 314 g/mol. The van der Waals surface area contributed by atoms with Gasteiger partial charge < -0.3 is 14.7 Å². The number of hydrogen-bond donors (Lipinski definition) is 1. The van der Waals surface area contributed by atoms with Crippen molar-refractivity contribution in [1.82, 2.24) is 15.0 Å². The molecule has 1 aliphatic heterocycles. The van der Waals surface area contributed by atoms with E-state index in [1.165, 1.54) is 4.90 Å². The standard InChI is InChI=1S/C16H18N4O3/c1-9-17-13(19-23-9)8-20(4)14(21)10-5-6-11-12(7-10)18-15(22)16(11,2)3/h5-7H,8H2,1-4H3,(H,18,22). The summed E-state index contributed by atoms with van der Waals surface area (Å²) >= 11 is 0. The van der Waals surface area contributed by atoms with Gasteiger partial charge in [0.15, 0.2) is 5.82 Å². The molecule has 1 aliphatic rings. The fraction of sp³-hybridized carbons (Fsp3) is 0.375. The number of aryl methyl sites for hydroxylation is 1. The predicted octanol–water partition coefficient (Wildman–Crippen LogP) is 1.88. The third-order valence-corrected chi connectivity index (χ3v) is 4.05. The van der Waals surface area contributed by atoms with E-state index in [1.807, 2.05) is 19.9 Å². The van der Waals surface area contributed by atoms with Crippen molar-refractivity contribution in [2.45, 2.75) is 32.7 Å². The smallest absolute Gasteiger partial charge is 0.254 e. The molecular formula is C16H18N4O3. The molecule has 1 aromatic heterocycles. The lowest BCUT2D eigenvalue weighted by Gasteiger charge is -2.17. The SMILES string of the molecule is Cc1nc(CN(C)C(=O)c2ccc3c(c2)NC(=O)C3(C)C)no1. The predicted molar refractivity (Wildman–Crippen MR) is 82.9 cm³/mol. The summed E-state index contributed by atoms with van der Waals surface area (Å²) in [7, 11) is 1.67. The molecule has 0 saturated carbocycles. The van der Waals surface area contributed by atoms with Crippen LogP contribution in [0.3, 0.4) is 0 Å². The van der Waals surface area contributed by atoms with Gasteiger partial charge in [-0.3, -0.25) is 9.59 Å². The summed E-state index contributed by atoms with van der Waals surface area (Å²) in [6.45, 7) is 5.68. The quantitative estimate of drug-likeness (QED) is 0.934. The maximum atomic E-state index is 12.5. The van der Waals surface area contributed by atoms with Gasteiger partial charge in [0.05, 0.1) is 12.0 Å². The zero-order chi connectivity index (χ0) is 16.8. The zero-order valence-electron chi connectivity index (χ0n) is 13.5. The molecule has 0 spiro atoms. The van der Waals surface area contributed by atoms with E-state index in [2.05, 4.69) is 15.5 Å². The lowest BCUT2D eigenvalue weighted by molar-refractivity contribution is -0.119. The van der Waals surface area contributed by atoms with Gasteiger partial charge in [-0.05, 0) is 31.5 Å². The number of hydrogen-bond acceptors (Lipinski definition) is 5. The second-order valence-electron chi connectivity index (χ2n) is 6.23. The number of benzene rings is 1. The largest absolute Gasteiger partial charge is 0.340 e. The van der Waals surface area contributed by atoms with E-state index >= 15 is 0 Å². The third-order valence-electron chi connectivity index (χ3n) is 4.05. The molecule has 7 heteroatoms. The van der Waals surface area contributed by atoms with Crippen LogP contribution >= 0.6 is 0 Å². The fourth-order valence-electron chi connectivity index (χ4n) is 2.64. The van der Waals surface area contributed by atoms with Crippen LogP contribution in [0, 0.1) is 6.92 Å². The number of fused-ring (bicyclic) bond motifs is 1. The molecule has 1 aromatic carbocycles. The number of nitrogens with one attached hydrogen (secondary N) is 1. The van der Waals surface area contributed by atoms with Gasteiger partial charge in [0.2, 0.25) is 11.8 Å². The second kappa shape index (κ2) is 5.19. The van der Waals surface area contributed by atoms with Gasteiger partial charge in [0, 0.05) is 25.2 Å². The number of carbonyl (C=O) groups excluding carboxylic acids is 2. The number of amides is 2. The molecule has 0 saturated heterocycles. The summed E-state index contributed by atoms with van der Waals surface area (Å²) in [5.74, 6) is 0.680. The number of nitrogens with zero attached hydrogens (tertiary/aromatic N) is 3. The van der Waals surface area contributed by atoms with E-state index in [-0.39, 0.29) is 18.4 Å². The van der Waals surface area contributed by atoms with Gasteiger partial charge in [-0.1, -0.05) is 11.2 Å². The molecule has 7 nitrogen and oxygen atoms in total. The lowest BCUT2D eigenvalue weighted by atomic mass is 9.86. The van der Waals surface area contributed by atoms with Crippen LogP contribution in [-0.4, -0.2) is 33.9 Å². The van der Waals surface area contributed by atoms with Gasteiger partial charge in [-0.25, -0.2) is 0 Å². The molecule has 2 heterocycles. The highest BCUT2D eigenvalue weighted by Gasteiger charge is 2.38. The Morgan fingerprint density at radius 1 is 1.39 bits per heavy atom. The first kappa shape index (κ1) is 15.2. The van der Waals surface area contributed by atoms with Gasteiger partial charge >= 0.3 is 0 Å². The summed E-state index contributed by atoms with van der Waals surface area (Å²) in [6.07, 6.45) is 0. The van der Waals surface area contributed by atoms with E-state index in [4.69, 9.17) is 4.52 Å². The first-order valence-corrected chi connectivity index (χ1v) is 7.29. The topological polar surface area (TPSA) is 88.3 Å². The summed E-state index contributed by atoms with van der Waals surface area (Å²) < 4.78 is 4.90. The van der Waals surface area contributed by atoms with Crippen LogP contribution in [-0.2, 0) is 16.8 Å². The molecule has 120 valence electrons. The maximum absolute atomic E-state index is 12.5. The Labute approximate surface area is 133 Å². The summed E-state index contributed by atoms with van der Waals surface area (Å²) in [6, 6.07) is 5.27. The molecule has 23 heavy (non-hydrogen) atoms. The highest BCUT2D eigenvalue weighted by atomic mass is 16.5. The average Bonchev–Trinajstić information content (AvgIpc) is 2.99. The van der Waals surface area contributed by atoms with Crippen LogP contribution in [0.1, 0.15) is 41.5 Å². The van der Waals surface area contributed by atoms with Crippen molar-refractivity contribution in [1.29, 1.82) is 0 Å². The Morgan fingerprint density at radius 2 is 2.13 bits per heavy atom. The highest BCUT2D eigenvalue weighted by molar-refractivity contribution is 6.07. The first-order valence-electron chi connectivity index (χ1n) is 7.29. The summed E-state index contributed by atoms with van der Waals surface area (Å²) in [5.41, 5.74) is 1.51. The molecular weight excluding hydrogens is 296 g/mol. The van der Waals surface area contributed by atoms with Crippen molar-refractivity contribution in [2.24, 2.45) is 0 Å². The van der Waals surface area contributed by atoms with Crippen molar-refractivity contribution in [3.05, 3.63) is 41.0 Å². The summed E-state index contributed by atoms with van der Waals surface area (Å²) in [4.78, 5) is 30.1. The number of aromatic nitrogens is 2. The first-order chi connectivity index (χ1) is 10.8. The van der Waals surface area contributed by atoms with Crippen molar-refractivity contribution >= 4 is 17.5 Å². The van der Waals surface area contributed by atoms with Crippen LogP contribution in [0.2, 0.25) is 0 Å². The molecule has 1 N–H and O–H groups in total. The summed E-state index contributed by atoms with van der Waals surface area (Å²) in [5, 5.41) is 6.61. The van der Waals surface area contributed by atoms with Gasteiger partial charge in [0.1, 0.15) is 0 Å². The molecule has 0 unspecified atom stereocenters.